The van der Waals surface area contributed by atoms with Crippen molar-refractivity contribution in [2.45, 2.75) is 51.6 Å². The summed E-state index contributed by atoms with van der Waals surface area (Å²) in [6, 6.07) is 21.2. The highest BCUT2D eigenvalue weighted by Crippen LogP contribution is 2.21. The average molecular weight is 533 g/mol. The van der Waals surface area contributed by atoms with Gasteiger partial charge in [-0.25, -0.2) is 8.78 Å². The molecule has 7 nitrogen and oxygen atoms in total. The van der Waals surface area contributed by atoms with Crippen LogP contribution >= 0.6 is 0 Å². The third kappa shape index (κ3) is 8.56. The molecule has 0 aliphatic heterocycles. The number of ketones is 1. The van der Waals surface area contributed by atoms with Crippen molar-refractivity contribution in [1.82, 2.24) is 15.5 Å². The first kappa shape index (κ1) is 27.6. The lowest BCUT2D eigenvalue weighted by atomic mass is 10.0. The largest absolute Gasteiger partial charge is 0.419 e. The van der Waals surface area contributed by atoms with Crippen LogP contribution in [0.5, 0.6) is 0 Å². The van der Waals surface area contributed by atoms with Crippen molar-refractivity contribution in [2.24, 2.45) is 0 Å². The summed E-state index contributed by atoms with van der Waals surface area (Å²) in [5, 5.41) is 13.6. The SMILES string of the molecule is O=C(CCCCCCc1ccccc1)C(=O)NCc1nnc(-c2ccc(NCc3ccc(F)c(F)c3)cc2)o1. The van der Waals surface area contributed by atoms with Crippen molar-refractivity contribution in [3.8, 4) is 11.5 Å². The molecular weight excluding hydrogens is 502 g/mol. The van der Waals surface area contributed by atoms with E-state index >= 15 is 0 Å². The predicted molar refractivity (Wildman–Crippen MR) is 144 cm³/mol. The smallest absolute Gasteiger partial charge is 0.287 e. The number of rotatable bonds is 14. The summed E-state index contributed by atoms with van der Waals surface area (Å²) in [6.45, 7) is 0.288. The number of unbranched alkanes of at least 4 members (excludes halogenated alkanes) is 3. The average Bonchev–Trinajstić information content (AvgIpc) is 3.44. The van der Waals surface area contributed by atoms with Gasteiger partial charge < -0.3 is 15.1 Å². The van der Waals surface area contributed by atoms with Crippen molar-refractivity contribution >= 4 is 17.4 Å². The van der Waals surface area contributed by atoms with Crippen LogP contribution < -0.4 is 10.6 Å². The zero-order chi connectivity index (χ0) is 27.5. The first-order valence-corrected chi connectivity index (χ1v) is 12.9. The van der Waals surface area contributed by atoms with E-state index in [9.17, 15) is 18.4 Å². The van der Waals surface area contributed by atoms with Crippen molar-refractivity contribution in [3.05, 3.63) is 101 Å². The third-order valence-corrected chi connectivity index (χ3v) is 6.19. The van der Waals surface area contributed by atoms with Crippen LogP contribution in [0.15, 0.2) is 77.2 Å². The maximum absolute atomic E-state index is 13.4. The molecule has 1 amide bonds. The Labute approximate surface area is 225 Å². The van der Waals surface area contributed by atoms with Gasteiger partial charge in [-0.05, 0) is 66.8 Å². The second-order valence-corrected chi connectivity index (χ2v) is 9.19. The molecule has 4 rings (SSSR count). The number of aromatic nitrogens is 2. The minimum absolute atomic E-state index is 0.0392. The zero-order valence-electron chi connectivity index (χ0n) is 21.5. The highest BCUT2D eigenvalue weighted by molar-refractivity contribution is 6.36. The Hall–Kier alpha value is -4.40. The number of carbonyl (C=O) groups excluding carboxylic acids is 2. The summed E-state index contributed by atoms with van der Waals surface area (Å²) >= 11 is 0. The molecule has 39 heavy (non-hydrogen) atoms. The van der Waals surface area contributed by atoms with Gasteiger partial charge in [0.1, 0.15) is 0 Å². The maximum atomic E-state index is 13.4. The quantitative estimate of drug-likeness (QED) is 0.153. The molecule has 0 atom stereocenters. The van der Waals surface area contributed by atoms with Crippen LogP contribution in [0.3, 0.4) is 0 Å². The van der Waals surface area contributed by atoms with Crippen LogP contribution in [0.1, 0.15) is 49.1 Å². The summed E-state index contributed by atoms with van der Waals surface area (Å²) < 4.78 is 32.0. The van der Waals surface area contributed by atoms with Crippen LogP contribution in [-0.4, -0.2) is 21.9 Å². The van der Waals surface area contributed by atoms with Gasteiger partial charge in [0.25, 0.3) is 5.91 Å². The van der Waals surface area contributed by atoms with Gasteiger partial charge in [0.2, 0.25) is 17.6 Å². The molecule has 1 heterocycles. The molecule has 0 aliphatic carbocycles. The van der Waals surface area contributed by atoms with E-state index in [4.69, 9.17) is 4.42 Å². The van der Waals surface area contributed by atoms with Crippen molar-refractivity contribution in [1.29, 1.82) is 0 Å². The normalized spacial score (nSPS) is 10.8. The zero-order valence-corrected chi connectivity index (χ0v) is 21.5. The van der Waals surface area contributed by atoms with Gasteiger partial charge in [-0.15, -0.1) is 10.2 Å². The van der Waals surface area contributed by atoms with Crippen LogP contribution in [0.4, 0.5) is 14.5 Å². The van der Waals surface area contributed by atoms with Gasteiger partial charge in [-0.2, -0.15) is 0 Å². The molecule has 0 spiro atoms. The van der Waals surface area contributed by atoms with Crippen LogP contribution in [0.2, 0.25) is 0 Å². The number of carbonyl (C=O) groups is 2. The van der Waals surface area contributed by atoms with Gasteiger partial charge >= 0.3 is 0 Å². The Bertz CT molecular complexity index is 1370. The second kappa shape index (κ2) is 13.9. The number of halogens is 2. The molecule has 0 bridgehead atoms. The highest BCUT2D eigenvalue weighted by Gasteiger charge is 2.15. The number of hydrogen-bond donors (Lipinski definition) is 2. The van der Waals surface area contributed by atoms with Crippen molar-refractivity contribution in [2.75, 3.05) is 5.32 Å². The molecule has 0 aliphatic rings. The molecule has 1 aromatic heterocycles. The molecule has 3 aromatic carbocycles. The molecule has 0 unspecified atom stereocenters. The van der Waals surface area contributed by atoms with Gasteiger partial charge in [0.05, 0.1) is 6.54 Å². The lowest BCUT2D eigenvalue weighted by molar-refractivity contribution is -0.138. The Morgan fingerprint density at radius 1 is 0.769 bits per heavy atom. The van der Waals surface area contributed by atoms with Crippen LogP contribution in [0, 0.1) is 11.6 Å². The van der Waals surface area contributed by atoms with Crippen LogP contribution in [0.25, 0.3) is 11.5 Å². The molecule has 202 valence electrons. The minimum Gasteiger partial charge on any atom is -0.419 e. The lowest BCUT2D eigenvalue weighted by Crippen LogP contribution is -2.30. The topological polar surface area (TPSA) is 97.1 Å². The maximum Gasteiger partial charge on any atom is 0.287 e. The standard InChI is InChI=1S/C30H30F2N4O3/c31-25-17-12-22(18-26(25)32)19-33-24-15-13-23(14-16-24)30-36-35-28(39-30)20-34-29(38)27(37)11-7-2-1-4-8-21-9-5-3-6-10-21/h3,5-6,9-10,12-18,33H,1-2,4,7-8,11,19-20H2,(H,34,38). The van der Waals surface area contributed by atoms with E-state index in [1.54, 1.807) is 24.3 Å². The summed E-state index contributed by atoms with van der Waals surface area (Å²) in [6.07, 6.45) is 4.88. The van der Waals surface area contributed by atoms with Gasteiger partial charge in [-0.1, -0.05) is 49.2 Å². The summed E-state index contributed by atoms with van der Waals surface area (Å²) in [7, 11) is 0. The molecule has 0 fully saturated rings. The van der Waals surface area contributed by atoms with E-state index in [0.29, 0.717) is 24.1 Å². The number of hydrogen-bond acceptors (Lipinski definition) is 6. The van der Waals surface area contributed by atoms with Crippen LogP contribution in [-0.2, 0) is 29.1 Å². The lowest BCUT2D eigenvalue weighted by Gasteiger charge is -2.07. The number of nitrogens with zero attached hydrogens (tertiary/aromatic N) is 2. The van der Waals surface area contributed by atoms with E-state index in [2.05, 4.69) is 33.0 Å². The van der Waals surface area contributed by atoms with Gasteiger partial charge in [0, 0.05) is 24.2 Å². The number of aryl methyl sites for hydroxylation is 1. The molecule has 0 saturated carbocycles. The van der Waals surface area contributed by atoms with E-state index < -0.39 is 23.3 Å². The molecule has 0 saturated heterocycles. The van der Waals surface area contributed by atoms with Crippen molar-refractivity contribution < 1.29 is 22.8 Å². The first-order valence-electron chi connectivity index (χ1n) is 12.9. The number of amides is 1. The fourth-order valence-electron chi connectivity index (χ4n) is 4.01. The Kier molecular flexibility index (Phi) is 9.88. The number of Topliss-reactive ketones (excluding diaryl/α,β-unsaturated/α-hetero) is 1. The van der Waals surface area contributed by atoms with Gasteiger partial charge in [0.15, 0.2) is 11.6 Å². The number of benzene rings is 3. The van der Waals surface area contributed by atoms with Crippen molar-refractivity contribution in [3.63, 3.8) is 0 Å². The monoisotopic (exact) mass is 532 g/mol. The van der Waals surface area contributed by atoms with E-state index in [1.807, 2.05) is 18.2 Å². The van der Waals surface area contributed by atoms with Gasteiger partial charge in [-0.3, -0.25) is 9.59 Å². The fraction of sp³-hybridized carbons (Fsp3) is 0.267. The highest BCUT2D eigenvalue weighted by atomic mass is 19.2. The molecule has 9 heteroatoms. The number of nitrogens with one attached hydrogen (secondary N) is 2. The predicted octanol–water partition coefficient (Wildman–Crippen LogP) is 6.01. The minimum atomic E-state index is -0.887. The summed E-state index contributed by atoms with van der Waals surface area (Å²) in [4.78, 5) is 24.3. The molecule has 0 radical (unpaired) electrons. The molecular formula is C30H30F2N4O3. The number of anilines is 1. The fourth-order valence-corrected chi connectivity index (χ4v) is 4.01. The Morgan fingerprint density at radius 2 is 1.54 bits per heavy atom. The first-order chi connectivity index (χ1) is 19.0. The summed E-state index contributed by atoms with van der Waals surface area (Å²) in [5.41, 5.74) is 3.36. The second-order valence-electron chi connectivity index (χ2n) is 9.19. The Balaban J connectivity index is 1.15. The molecule has 4 aromatic rings. The Morgan fingerprint density at radius 3 is 2.31 bits per heavy atom. The van der Waals surface area contributed by atoms with E-state index in [-0.39, 0.29) is 24.7 Å². The van der Waals surface area contributed by atoms with E-state index in [1.165, 1.54) is 11.6 Å². The van der Waals surface area contributed by atoms with E-state index in [0.717, 1.165) is 43.5 Å². The third-order valence-electron chi connectivity index (χ3n) is 6.19. The summed E-state index contributed by atoms with van der Waals surface area (Å²) in [5.74, 6) is -2.42. The molecule has 2 N–H and O–H groups in total.